The van der Waals surface area contributed by atoms with Gasteiger partial charge in [0.2, 0.25) is 5.91 Å². The van der Waals surface area contributed by atoms with Gasteiger partial charge in [0.25, 0.3) is 5.91 Å². The van der Waals surface area contributed by atoms with E-state index in [1.165, 1.54) is 12.1 Å². The number of amides is 2. The Kier molecular flexibility index (Phi) is 11.6. The third-order valence-corrected chi connectivity index (χ3v) is 8.46. The number of guanidine groups is 1. The number of primary amides is 1. The Morgan fingerprint density at radius 1 is 0.920 bits per heavy atom. The van der Waals surface area contributed by atoms with Gasteiger partial charge in [-0.15, -0.1) is 0 Å². The molecule has 260 valence electrons. The third-order valence-electron chi connectivity index (χ3n) is 8.06. The van der Waals surface area contributed by atoms with Crippen molar-refractivity contribution in [2.75, 3.05) is 37.6 Å². The van der Waals surface area contributed by atoms with Crippen molar-refractivity contribution < 1.29 is 18.7 Å². The van der Waals surface area contributed by atoms with E-state index < -0.39 is 5.91 Å². The summed E-state index contributed by atoms with van der Waals surface area (Å²) in [5.41, 5.74) is 20.0. The first-order valence-electron chi connectivity index (χ1n) is 16.2. The number of anilines is 1. The van der Waals surface area contributed by atoms with Crippen LogP contribution in [0.15, 0.2) is 89.9 Å². The molecule has 11 nitrogen and oxygen atoms in total. The van der Waals surface area contributed by atoms with Crippen LogP contribution in [0.25, 0.3) is 22.4 Å². The maximum atomic E-state index is 13.5. The highest BCUT2D eigenvalue weighted by atomic mass is 35.5. The van der Waals surface area contributed by atoms with E-state index in [2.05, 4.69) is 9.89 Å². The number of hydrogen-bond donors (Lipinski definition) is 3. The van der Waals surface area contributed by atoms with Crippen LogP contribution in [-0.2, 0) is 11.3 Å². The third kappa shape index (κ3) is 8.88. The number of piperazine rings is 1. The number of aryl methyl sites for hydroxylation is 1. The largest absolute Gasteiger partial charge is 0.457 e. The summed E-state index contributed by atoms with van der Waals surface area (Å²) in [6.07, 6.45) is 0.998. The lowest BCUT2D eigenvalue weighted by atomic mass is 10.1. The van der Waals surface area contributed by atoms with Crippen molar-refractivity contribution >= 4 is 46.1 Å². The van der Waals surface area contributed by atoms with Gasteiger partial charge in [0, 0.05) is 54.6 Å². The molecule has 50 heavy (non-hydrogen) atoms. The minimum absolute atomic E-state index is 0.0802. The lowest BCUT2D eigenvalue weighted by molar-refractivity contribution is -0.118. The molecule has 1 saturated heterocycles. The van der Waals surface area contributed by atoms with Gasteiger partial charge in [-0.25, -0.2) is 9.37 Å². The second-order valence-electron chi connectivity index (χ2n) is 11.8. The van der Waals surface area contributed by atoms with E-state index in [4.69, 9.17) is 38.5 Å². The molecule has 1 aromatic heterocycles. The maximum Gasteiger partial charge on any atom is 0.254 e. The van der Waals surface area contributed by atoms with Gasteiger partial charge in [-0.3, -0.25) is 14.6 Å². The number of fused-ring (bicyclic) bond motifs is 1. The first kappa shape index (κ1) is 35.7. The molecule has 4 aromatic carbocycles. The predicted molar refractivity (Wildman–Crippen MR) is 196 cm³/mol. The Balaban J connectivity index is 0.000000630. The van der Waals surface area contributed by atoms with Crippen LogP contribution in [0.4, 0.5) is 10.1 Å². The molecule has 2 heterocycles. The summed E-state index contributed by atoms with van der Waals surface area (Å²) in [7, 11) is 0. The van der Waals surface area contributed by atoms with Crippen LogP contribution in [0, 0.1) is 12.7 Å². The van der Waals surface area contributed by atoms with Crippen molar-refractivity contribution in [3.05, 3.63) is 107 Å². The number of benzene rings is 4. The molecule has 6 rings (SSSR count). The molecule has 0 saturated carbocycles. The second-order valence-corrected chi connectivity index (χ2v) is 12.2. The normalized spacial score (nSPS) is 12.6. The van der Waals surface area contributed by atoms with Gasteiger partial charge in [0.1, 0.15) is 29.7 Å². The van der Waals surface area contributed by atoms with Crippen LogP contribution in [0.2, 0.25) is 5.02 Å². The molecule has 13 heteroatoms. The van der Waals surface area contributed by atoms with E-state index in [9.17, 15) is 14.0 Å². The van der Waals surface area contributed by atoms with Crippen molar-refractivity contribution in [3.63, 3.8) is 0 Å². The molecule has 0 atom stereocenters. The van der Waals surface area contributed by atoms with E-state index in [1.54, 1.807) is 45.9 Å². The molecule has 1 aliphatic rings. The molecule has 1 fully saturated rings. The number of nitrogens with two attached hydrogens (primary N) is 3. The van der Waals surface area contributed by atoms with Crippen molar-refractivity contribution in [2.24, 2.45) is 22.2 Å². The minimum atomic E-state index is -0.513. The van der Waals surface area contributed by atoms with Crippen molar-refractivity contribution in [3.8, 4) is 22.9 Å². The molecular formula is C37H40ClFN8O3. The highest BCUT2D eigenvalue weighted by Gasteiger charge is 2.24. The van der Waals surface area contributed by atoms with Crippen LogP contribution in [-0.4, -0.2) is 64.9 Å². The average Bonchev–Trinajstić information content (AvgIpc) is 3.46. The topological polar surface area (TPSA) is 158 Å². The number of rotatable bonds is 9. The molecule has 0 spiro atoms. The summed E-state index contributed by atoms with van der Waals surface area (Å²) in [6, 6.07) is 24.5. The number of aliphatic imine (C=N–C) groups is 1. The number of aromatic nitrogens is 2. The van der Waals surface area contributed by atoms with Crippen LogP contribution in [0.1, 0.15) is 29.3 Å². The first-order valence-corrected chi connectivity index (χ1v) is 16.6. The fraction of sp³-hybridized carbons (Fsp3) is 0.243. The fourth-order valence-electron chi connectivity index (χ4n) is 5.51. The van der Waals surface area contributed by atoms with Gasteiger partial charge in [-0.05, 0) is 85.6 Å². The fourth-order valence-corrected chi connectivity index (χ4v) is 5.68. The van der Waals surface area contributed by atoms with Crippen LogP contribution in [0.3, 0.4) is 0 Å². The van der Waals surface area contributed by atoms with E-state index in [1.807, 2.05) is 50.2 Å². The molecule has 5 aromatic rings. The van der Waals surface area contributed by atoms with Crippen LogP contribution < -0.4 is 26.8 Å². The Labute approximate surface area is 295 Å². The molecule has 0 unspecified atom stereocenters. The highest BCUT2D eigenvalue weighted by Crippen LogP contribution is 2.31. The number of carbonyl (C=O) groups is 2. The minimum Gasteiger partial charge on any atom is -0.457 e. The summed E-state index contributed by atoms with van der Waals surface area (Å²) in [4.78, 5) is 38.0. The Morgan fingerprint density at radius 2 is 1.64 bits per heavy atom. The number of nitrogens with zero attached hydrogens (tertiary/aromatic N) is 5. The maximum absolute atomic E-state index is 13.5. The summed E-state index contributed by atoms with van der Waals surface area (Å²) < 4.78 is 21.1. The van der Waals surface area contributed by atoms with Gasteiger partial charge in [-0.2, -0.15) is 0 Å². The summed E-state index contributed by atoms with van der Waals surface area (Å²) in [5.74, 6) is 0.995. The van der Waals surface area contributed by atoms with Gasteiger partial charge < -0.3 is 36.3 Å². The van der Waals surface area contributed by atoms with E-state index in [0.717, 1.165) is 29.8 Å². The first-order chi connectivity index (χ1) is 24.0. The molecular weight excluding hydrogens is 659 g/mol. The quantitative estimate of drug-likeness (QED) is 0.131. The molecule has 2 amide bonds. The highest BCUT2D eigenvalue weighted by molar-refractivity contribution is 6.31. The predicted octanol–water partition coefficient (Wildman–Crippen LogP) is 5.71. The summed E-state index contributed by atoms with van der Waals surface area (Å²) >= 11 is 6.27. The van der Waals surface area contributed by atoms with E-state index >= 15 is 0 Å². The Hall–Kier alpha value is -5.62. The van der Waals surface area contributed by atoms with Gasteiger partial charge in [-0.1, -0.05) is 36.7 Å². The van der Waals surface area contributed by atoms with Gasteiger partial charge in [0.05, 0.1) is 11.0 Å². The zero-order valence-electron chi connectivity index (χ0n) is 28.0. The van der Waals surface area contributed by atoms with Gasteiger partial charge in [0.15, 0.2) is 5.96 Å². The number of imidazole rings is 1. The van der Waals surface area contributed by atoms with Crippen molar-refractivity contribution in [2.45, 2.75) is 26.8 Å². The molecule has 0 aliphatic carbocycles. The number of carbonyl (C=O) groups excluding carboxylic acids is 2. The summed E-state index contributed by atoms with van der Waals surface area (Å²) in [5, 5.41) is 0.608. The molecule has 6 N–H and O–H groups in total. The number of hydrogen-bond acceptors (Lipinski definition) is 6. The van der Waals surface area contributed by atoms with Crippen LogP contribution >= 0.6 is 11.6 Å². The number of halogens is 2. The Bertz CT molecular complexity index is 2000. The zero-order chi connectivity index (χ0) is 35.8. The molecule has 1 aliphatic heterocycles. The SMILES string of the molecule is CCCN=C(N)N.Cc1ccc(Oc2cccc(-c3nc4cc(C(=O)N5CCN(c6ccc(F)cc6)CC5)ccc4n3CC(N)=O)c2)cc1Cl. The van der Waals surface area contributed by atoms with Crippen molar-refractivity contribution in [1.82, 2.24) is 14.5 Å². The Morgan fingerprint density at radius 3 is 2.28 bits per heavy atom. The zero-order valence-corrected chi connectivity index (χ0v) is 28.7. The second kappa shape index (κ2) is 16.2. The lowest BCUT2D eigenvalue weighted by Crippen LogP contribution is -2.48. The lowest BCUT2D eigenvalue weighted by Gasteiger charge is -2.36. The van der Waals surface area contributed by atoms with Crippen molar-refractivity contribution in [1.29, 1.82) is 0 Å². The van der Waals surface area contributed by atoms with E-state index in [0.29, 0.717) is 65.1 Å². The molecule has 0 bridgehead atoms. The molecule has 0 radical (unpaired) electrons. The van der Waals surface area contributed by atoms with Crippen LogP contribution in [0.5, 0.6) is 11.5 Å². The van der Waals surface area contributed by atoms with Gasteiger partial charge >= 0.3 is 0 Å². The van der Waals surface area contributed by atoms with E-state index in [-0.39, 0.29) is 24.2 Å². The monoisotopic (exact) mass is 698 g/mol. The smallest absolute Gasteiger partial charge is 0.254 e. The number of ether oxygens (including phenoxy) is 1. The standard InChI is InChI=1S/C33H29ClFN5O3.C4H11N3/c1-21-5-11-27(19-28(21)34)43-26-4-2-3-22(17-26)32-37-29-18-23(6-12-30(29)40(32)20-31(36)41)33(42)39-15-13-38(14-16-39)25-9-7-24(35)8-10-25;1-2-3-7-4(5)6/h2-12,17-19H,13-16,20H2,1H3,(H2,36,41);2-3H2,1H3,(H4,5,6,7). The average molecular weight is 699 g/mol. The summed E-state index contributed by atoms with van der Waals surface area (Å²) in [6.45, 7) is 6.96.